The highest BCUT2D eigenvalue weighted by Gasteiger charge is 2.23. The highest BCUT2D eigenvalue weighted by Crippen LogP contribution is 2.28. The molecule has 0 saturated heterocycles. The fourth-order valence-electron chi connectivity index (χ4n) is 1.69. The summed E-state index contributed by atoms with van der Waals surface area (Å²) in [5.74, 6) is -0.00336. The molecule has 14 heavy (non-hydrogen) atoms. The fourth-order valence-corrected chi connectivity index (χ4v) is 1.69. The van der Waals surface area contributed by atoms with E-state index in [2.05, 4.69) is 0 Å². The molecule has 1 fully saturated rings. The van der Waals surface area contributed by atoms with Gasteiger partial charge in [0.2, 0.25) is 0 Å². The van der Waals surface area contributed by atoms with Crippen LogP contribution in [0.1, 0.15) is 51.4 Å². The topological polar surface area (TPSA) is 54.4 Å². The molecule has 0 aromatic rings. The molecule has 80 valence electrons. The minimum atomic E-state index is -0.740. The molecule has 3 nitrogen and oxygen atoms in total. The minimum absolute atomic E-state index is 0.234. The molecule has 0 aromatic carbocycles. The summed E-state index contributed by atoms with van der Waals surface area (Å²) in [4.78, 5) is 21.6. The number of hydrogen-bond acceptors (Lipinski definition) is 2. The van der Waals surface area contributed by atoms with Crippen molar-refractivity contribution in [2.24, 2.45) is 5.92 Å². The Labute approximate surface area is 84.5 Å². The SMILES string of the molecule is O=C(O)CCCCCC(=O)C1CCC1. The molecular formula is C11H18O3. The van der Waals surface area contributed by atoms with Crippen molar-refractivity contribution in [3.63, 3.8) is 0 Å². The standard InChI is InChI=1S/C11H18O3/c12-10(9-5-4-6-9)7-2-1-3-8-11(13)14/h9H,1-8H2,(H,13,14). The molecule has 1 saturated carbocycles. The summed E-state index contributed by atoms with van der Waals surface area (Å²) in [5, 5.41) is 8.39. The van der Waals surface area contributed by atoms with E-state index in [1.165, 1.54) is 6.42 Å². The van der Waals surface area contributed by atoms with Crippen molar-refractivity contribution < 1.29 is 14.7 Å². The number of unbranched alkanes of at least 4 members (excludes halogenated alkanes) is 2. The van der Waals surface area contributed by atoms with Gasteiger partial charge in [-0.15, -0.1) is 0 Å². The van der Waals surface area contributed by atoms with Gasteiger partial charge in [0, 0.05) is 18.8 Å². The monoisotopic (exact) mass is 198 g/mol. The molecule has 1 rings (SSSR count). The Bertz CT molecular complexity index is 207. The van der Waals surface area contributed by atoms with Gasteiger partial charge in [-0.25, -0.2) is 0 Å². The number of ketones is 1. The highest BCUT2D eigenvalue weighted by atomic mass is 16.4. The zero-order valence-electron chi connectivity index (χ0n) is 8.50. The number of Topliss-reactive ketones (excluding diaryl/α,β-unsaturated/α-hetero) is 1. The van der Waals surface area contributed by atoms with Crippen LogP contribution in [0, 0.1) is 5.92 Å². The molecule has 0 bridgehead atoms. The zero-order valence-corrected chi connectivity index (χ0v) is 8.50. The van der Waals surface area contributed by atoms with Crippen LogP contribution in [0.5, 0.6) is 0 Å². The molecule has 0 heterocycles. The Kier molecular flexibility index (Phi) is 4.63. The third-order valence-electron chi connectivity index (χ3n) is 2.87. The van der Waals surface area contributed by atoms with E-state index in [0.29, 0.717) is 24.5 Å². The van der Waals surface area contributed by atoms with Crippen LogP contribution in [0.4, 0.5) is 0 Å². The van der Waals surface area contributed by atoms with Crippen LogP contribution < -0.4 is 0 Å². The minimum Gasteiger partial charge on any atom is -0.481 e. The average Bonchev–Trinajstić information content (AvgIpc) is 1.99. The summed E-state index contributed by atoms with van der Waals surface area (Å²) in [6, 6.07) is 0. The number of hydrogen-bond donors (Lipinski definition) is 1. The largest absolute Gasteiger partial charge is 0.481 e. The molecular weight excluding hydrogens is 180 g/mol. The molecule has 0 amide bonds. The highest BCUT2D eigenvalue weighted by molar-refractivity contribution is 5.81. The first-order valence-corrected chi connectivity index (χ1v) is 5.44. The Hall–Kier alpha value is -0.860. The van der Waals surface area contributed by atoms with Crippen molar-refractivity contribution in [2.75, 3.05) is 0 Å². The van der Waals surface area contributed by atoms with E-state index in [4.69, 9.17) is 5.11 Å². The Morgan fingerprint density at radius 1 is 1.07 bits per heavy atom. The van der Waals surface area contributed by atoms with Crippen molar-refractivity contribution in [3.8, 4) is 0 Å². The van der Waals surface area contributed by atoms with Crippen LogP contribution in [-0.2, 0) is 9.59 Å². The summed E-state index contributed by atoms with van der Waals surface area (Å²) in [6.07, 6.45) is 6.68. The molecule has 3 heteroatoms. The van der Waals surface area contributed by atoms with Gasteiger partial charge in [0.05, 0.1) is 0 Å². The van der Waals surface area contributed by atoms with Crippen LogP contribution in [0.25, 0.3) is 0 Å². The van der Waals surface area contributed by atoms with E-state index in [1.807, 2.05) is 0 Å². The van der Waals surface area contributed by atoms with E-state index in [9.17, 15) is 9.59 Å². The van der Waals surface area contributed by atoms with E-state index in [1.54, 1.807) is 0 Å². The summed E-state index contributed by atoms with van der Waals surface area (Å²) >= 11 is 0. The van der Waals surface area contributed by atoms with E-state index < -0.39 is 5.97 Å². The maximum Gasteiger partial charge on any atom is 0.303 e. The van der Waals surface area contributed by atoms with Gasteiger partial charge in [0.1, 0.15) is 5.78 Å². The molecule has 0 aliphatic heterocycles. The van der Waals surface area contributed by atoms with E-state index in [-0.39, 0.29) is 6.42 Å². The number of rotatable bonds is 7. The van der Waals surface area contributed by atoms with Gasteiger partial charge in [-0.2, -0.15) is 0 Å². The summed E-state index contributed by atoms with van der Waals surface area (Å²) in [6.45, 7) is 0. The fraction of sp³-hybridized carbons (Fsp3) is 0.818. The predicted octanol–water partition coefficient (Wildman–Crippen LogP) is 2.39. The van der Waals surface area contributed by atoms with Gasteiger partial charge in [0.25, 0.3) is 0 Å². The number of carboxylic acids is 1. The second-order valence-electron chi connectivity index (χ2n) is 4.05. The summed E-state index contributed by atoms with van der Waals surface area (Å²) in [7, 11) is 0. The van der Waals surface area contributed by atoms with E-state index in [0.717, 1.165) is 25.7 Å². The average molecular weight is 198 g/mol. The molecule has 0 atom stereocenters. The normalized spacial score (nSPS) is 16.3. The molecule has 1 aliphatic carbocycles. The Morgan fingerprint density at radius 2 is 1.71 bits per heavy atom. The molecule has 0 aromatic heterocycles. The summed E-state index contributed by atoms with van der Waals surface area (Å²) in [5.41, 5.74) is 0. The van der Waals surface area contributed by atoms with Gasteiger partial charge < -0.3 is 5.11 Å². The first-order valence-electron chi connectivity index (χ1n) is 5.44. The lowest BCUT2D eigenvalue weighted by molar-refractivity contribution is -0.137. The van der Waals surface area contributed by atoms with Gasteiger partial charge in [-0.3, -0.25) is 9.59 Å². The van der Waals surface area contributed by atoms with Crippen LogP contribution in [-0.4, -0.2) is 16.9 Å². The van der Waals surface area contributed by atoms with Crippen molar-refractivity contribution in [3.05, 3.63) is 0 Å². The van der Waals surface area contributed by atoms with Gasteiger partial charge in [-0.1, -0.05) is 12.8 Å². The lowest BCUT2D eigenvalue weighted by Crippen LogP contribution is -2.21. The molecule has 0 spiro atoms. The molecule has 0 radical (unpaired) electrons. The van der Waals surface area contributed by atoms with Crippen molar-refractivity contribution in [1.29, 1.82) is 0 Å². The van der Waals surface area contributed by atoms with Crippen molar-refractivity contribution >= 4 is 11.8 Å². The van der Waals surface area contributed by atoms with Gasteiger partial charge in [-0.05, 0) is 25.7 Å². The second kappa shape index (κ2) is 5.78. The van der Waals surface area contributed by atoms with Gasteiger partial charge in [0.15, 0.2) is 0 Å². The molecule has 0 unspecified atom stereocenters. The smallest absolute Gasteiger partial charge is 0.303 e. The van der Waals surface area contributed by atoms with Crippen LogP contribution in [0.3, 0.4) is 0 Å². The molecule has 1 aliphatic rings. The van der Waals surface area contributed by atoms with E-state index >= 15 is 0 Å². The zero-order chi connectivity index (χ0) is 10.4. The van der Waals surface area contributed by atoms with Crippen LogP contribution in [0.2, 0.25) is 0 Å². The van der Waals surface area contributed by atoms with Crippen molar-refractivity contribution in [2.45, 2.75) is 51.4 Å². The number of carbonyl (C=O) groups excluding carboxylic acids is 1. The molecule has 1 N–H and O–H groups in total. The Morgan fingerprint density at radius 3 is 2.21 bits per heavy atom. The number of carbonyl (C=O) groups is 2. The quantitative estimate of drug-likeness (QED) is 0.639. The third kappa shape index (κ3) is 3.90. The van der Waals surface area contributed by atoms with Gasteiger partial charge >= 0.3 is 5.97 Å². The van der Waals surface area contributed by atoms with Crippen molar-refractivity contribution in [1.82, 2.24) is 0 Å². The number of carboxylic acid groups (broad SMARTS) is 1. The van der Waals surface area contributed by atoms with Crippen LogP contribution >= 0.6 is 0 Å². The first-order chi connectivity index (χ1) is 6.70. The maximum atomic E-state index is 11.4. The first kappa shape index (κ1) is 11.2. The summed E-state index contributed by atoms with van der Waals surface area (Å²) < 4.78 is 0. The number of aliphatic carboxylic acids is 1. The Balaban J connectivity index is 1.92. The maximum absolute atomic E-state index is 11.4. The lowest BCUT2D eigenvalue weighted by atomic mass is 9.80. The second-order valence-corrected chi connectivity index (χ2v) is 4.05. The third-order valence-corrected chi connectivity index (χ3v) is 2.87. The lowest BCUT2D eigenvalue weighted by Gasteiger charge is -2.23. The van der Waals surface area contributed by atoms with Crippen LogP contribution in [0.15, 0.2) is 0 Å². The predicted molar refractivity (Wildman–Crippen MR) is 53.1 cm³/mol.